The van der Waals surface area contributed by atoms with E-state index in [9.17, 15) is 4.79 Å². The van der Waals surface area contributed by atoms with E-state index in [0.717, 1.165) is 33.4 Å². The highest BCUT2D eigenvalue weighted by Gasteiger charge is 2.37. The Morgan fingerprint density at radius 2 is 1.88 bits per heavy atom. The number of carbonyl (C=O) groups is 1. The predicted molar refractivity (Wildman–Crippen MR) is 95.9 cm³/mol. The van der Waals surface area contributed by atoms with Crippen molar-refractivity contribution in [3.8, 4) is 5.75 Å². The zero-order chi connectivity index (χ0) is 17.0. The summed E-state index contributed by atoms with van der Waals surface area (Å²) in [6.45, 7) is 2.07. The van der Waals surface area contributed by atoms with Crippen LogP contribution in [0.25, 0.3) is 10.9 Å². The Hall–Kier alpha value is -2.75. The summed E-state index contributed by atoms with van der Waals surface area (Å²) < 4.78 is 7.70. The molecule has 24 heavy (non-hydrogen) atoms. The molecular formula is C20H20N2O2. The maximum atomic E-state index is 12.7. The van der Waals surface area contributed by atoms with Crippen molar-refractivity contribution in [1.82, 2.24) is 4.57 Å². The van der Waals surface area contributed by atoms with Gasteiger partial charge in [0.25, 0.3) is 0 Å². The van der Waals surface area contributed by atoms with Crippen molar-refractivity contribution in [2.45, 2.75) is 12.8 Å². The Morgan fingerprint density at radius 3 is 2.62 bits per heavy atom. The molecule has 0 amide bonds. The van der Waals surface area contributed by atoms with E-state index in [0.29, 0.717) is 5.75 Å². The highest BCUT2D eigenvalue weighted by atomic mass is 16.5. The minimum absolute atomic E-state index is 0.194. The van der Waals surface area contributed by atoms with Gasteiger partial charge in [-0.05, 0) is 36.8 Å². The molecule has 4 heteroatoms. The molecule has 0 spiro atoms. The van der Waals surface area contributed by atoms with Gasteiger partial charge in [-0.25, -0.2) is 0 Å². The number of ether oxygens (including phenoxy) is 1. The first-order valence-electron chi connectivity index (χ1n) is 8.06. The lowest BCUT2D eigenvalue weighted by Crippen LogP contribution is -2.13. The smallest absolute Gasteiger partial charge is 0.323 e. The van der Waals surface area contributed by atoms with Crippen molar-refractivity contribution in [2.24, 2.45) is 7.05 Å². The Balaban J connectivity index is 1.98. The van der Waals surface area contributed by atoms with Crippen molar-refractivity contribution < 1.29 is 9.53 Å². The molecule has 1 aliphatic rings. The van der Waals surface area contributed by atoms with Crippen molar-refractivity contribution >= 4 is 22.6 Å². The molecule has 4 nitrogen and oxygen atoms in total. The second-order valence-electron chi connectivity index (χ2n) is 6.55. The molecule has 2 aromatic carbocycles. The van der Waals surface area contributed by atoms with Crippen LogP contribution in [-0.4, -0.2) is 24.6 Å². The fourth-order valence-electron chi connectivity index (χ4n) is 3.61. The van der Waals surface area contributed by atoms with Crippen LogP contribution in [0.2, 0.25) is 0 Å². The Labute approximate surface area is 141 Å². The van der Waals surface area contributed by atoms with Gasteiger partial charge >= 0.3 is 5.97 Å². The standard InChI is InChI=1S/C20H20N2O2/c1-12-18(14-7-5-6-8-16(14)22(12)4)19-15-11-13(21(2)3)9-10-17(15)24-20(19)23/h5-11,19H,1-4H3. The van der Waals surface area contributed by atoms with Gasteiger partial charge in [0.2, 0.25) is 0 Å². The Kier molecular flexibility index (Phi) is 3.17. The maximum absolute atomic E-state index is 12.7. The molecule has 0 saturated carbocycles. The Morgan fingerprint density at radius 1 is 1.12 bits per heavy atom. The molecule has 0 N–H and O–H groups in total. The van der Waals surface area contributed by atoms with E-state index < -0.39 is 0 Å². The molecule has 0 aliphatic carbocycles. The van der Waals surface area contributed by atoms with E-state index in [2.05, 4.69) is 29.7 Å². The quantitative estimate of drug-likeness (QED) is 0.534. The van der Waals surface area contributed by atoms with Gasteiger partial charge in [0, 0.05) is 49.0 Å². The van der Waals surface area contributed by atoms with Gasteiger partial charge in [0.05, 0.1) is 0 Å². The van der Waals surface area contributed by atoms with Crippen LogP contribution in [0.5, 0.6) is 5.75 Å². The van der Waals surface area contributed by atoms with E-state index >= 15 is 0 Å². The predicted octanol–water partition coefficient (Wildman–Crippen LogP) is 3.60. The maximum Gasteiger partial charge on any atom is 0.323 e. The number of aromatic nitrogens is 1. The topological polar surface area (TPSA) is 34.5 Å². The zero-order valence-corrected chi connectivity index (χ0v) is 14.3. The molecular weight excluding hydrogens is 300 g/mol. The van der Waals surface area contributed by atoms with Gasteiger partial charge in [-0.2, -0.15) is 0 Å². The van der Waals surface area contributed by atoms with Crippen LogP contribution in [0.15, 0.2) is 42.5 Å². The van der Waals surface area contributed by atoms with Crippen LogP contribution < -0.4 is 9.64 Å². The van der Waals surface area contributed by atoms with Gasteiger partial charge in [-0.1, -0.05) is 18.2 Å². The number of carbonyl (C=O) groups excluding carboxylic acids is 1. The monoisotopic (exact) mass is 320 g/mol. The highest BCUT2D eigenvalue weighted by molar-refractivity contribution is 5.97. The molecule has 1 unspecified atom stereocenters. The number of fused-ring (bicyclic) bond motifs is 2. The first-order valence-corrected chi connectivity index (χ1v) is 8.06. The van der Waals surface area contributed by atoms with Crippen LogP contribution in [0.1, 0.15) is 22.7 Å². The van der Waals surface area contributed by atoms with Gasteiger partial charge in [0.1, 0.15) is 11.7 Å². The minimum atomic E-state index is -0.369. The number of anilines is 1. The first kappa shape index (κ1) is 14.8. The van der Waals surface area contributed by atoms with Gasteiger partial charge in [0.15, 0.2) is 0 Å². The number of benzene rings is 2. The van der Waals surface area contributed by atoms with E-state index in [-0.39, 0.29) is 11.9 Å². The van der Waals surface area contributed by atoms with Crippen molar-refractivity contribution in [3.63, 3.8) is 0 Å². The SMILES string of the molecule is Cc1c(C2C(=O)Oc3ccc(N(C)C)cc32)c2ccccc2n1C. The van der Waals surface area contributed by atoms with Crippen LogP contribution >= 0.6 is 0 Å². The summed E-state index contributed by atoms with van der Waals surface area (Å²) in [6.07, 6.45) is 0. The van der Waals surface area contributed by atoms with Crippen molar-refractivity contribution in [1.29, 1.82) is 0 Å². The molecule has 3 aromatic rings. The van der Waals surface area contributed by atoms with E-state index in [4.69, 9.17) is 4.74 Å². The molecule has 0 radical (unpaired) electrons. The fraction of sp³-hybridized carbons (Fsp3) is 0.250. The van der Waals surface area contributed by atoms with Crippen LogP contribution in [0, 0.1) is 6.92 Å². The van der Waals surface area contributed by atoms with Crippen LogP contribution in [0.3, 0.4) is 0 Å². The number of para-hydroxylation sites is 1. The zero-order valence-electron chi connectivity index (χ0n) is 14.3. The van der Waals surface area contributed by atoms with Crippen LogP contribution in [0.4, 0.5) is 5.69 Å². The number of aryl methyl sites for hydroxylation is 1. The number of rotatable bonds is 2. The molecule has 1 atom stereocenters. The lowest BCUT2D eigenvalue weighted by atomic mass is 9.90. The third-order valence-electron chi connectivity index (χ3n) is 5.00. The number of esters is 1. The van der Waals surface area contributed by atoms with E-state index in [1.807, 2.05) is 50.3 Å². The number of hydrogen-bond donors (Lipinski definition) is 0. The second-order valence-corrected chi connectivity index (χ2v) is 6.55. The van der Waals surface area contributed by atoms with Crippen molar-refractivity contribution in [3.05, 3.63) is 59.3 Å². The van der Waals surface area contributed by atoms with Gasteiger partial charge in [-0.15, -0.1) is 0 Å². The molecule has 1 aliphatic heterocycles. The minimum Gasteiger partial charge on any atom is -0.425 e. The molecule has 0 bridgehead atoms. The summed E-state index contributed by atoms with van der Waals surface area (Å²) in [5.41, 5.74) is 5.30. The van der Waals surface area contributed by atoms with Crippen molar-refractivity contribution in [2.75, 3.05) is 19.0 Å². The summed E-state index contributed by atoms with van der Waals surface area (Å²) in [5.74, 6) is 0.106. The molecule has 0 saturated heterocycles. The molecule has 0 fully saturated rings. The summed E-state index contributed by atoms with van der Waals surface area (Å²) in [6, 6.07) is 14.1. The lowest BCUT2D eigenvalue weighted by Gasteiger charge is -2.15. The largest absolute Gasteiger partial charge is 0.425 e. The number of hydrogen-bond acceptors (Lipinski definition) is 3. The Bertz CT molecular complexity index is 969. The molecule has 1 aromatic heterocycles. The number of nitrogens with zero attached hydrogens (tertiary/aromatic N) is 2. The third-order valence-corrected chi connectivity index (χ3v) is 5.00. The summed E-state index contributed by atoms with van der Waals surface area (Å²) in [5, 5.41) is 1.11. The second kappa shape index (κ2) is 5.13. The normalized spacial score (nSPS) is 16.3. The van der Waals surface area contributed by atoms with E-state index in [1.165, 1.54) is 0 Å². The third kappa shape index (κ3) is 1.96. The molecule has 4 rings (SSSR count). The lowest BCUT2D eigenvalue weighted by molar-refractivity contribution is -0.133. The summed E-state index contributed by atoms with van der Waals surface area (Å²) in [4.78, 5) is 14.7. The molecule has 2 heterocycles. The average Bonchev–Trinajstić information content (AvgIpc) is 3.01. The average molecular weight is 320 g/mol. The van der Waals surface area contributed by atoms with Gasteiger partial charge in [-0.3, -0.25) is 4.79 Å². The summed E-state index contributed by atoms with van der Waals surface area (Å²) in [7, 11) is 6.04. The first-order chi connectivity index (χ1) is 11.5. The summed E-state index contributed by atoms with van der Waals surface area (Å²) >= 11 is 0. The van der Waals surface area contributed by atoms with Gasteiger partial charge < -0.3 is 14.2 Å². The van der Waals surface area contributed by atoms with Crippen LogP contribution in [-0.2, 0) is 11.8 Å². The molecule has 122 valence electrons. The van der Waals surface area contributed by atoms with E-state index in [1.54, 1.807) is 0 Å². The fourth-order valence-corrected chi connectivity index (χ4v) is 3.61. The highest BCUT2D eigenvalue weighted by Crippen LogP contribution is 2.44.